The number of hydrogen-bond acceptors (Lipinski definition) is 7. The van der Waals surface area contributed by atoms with E-state index in [9.17, 15) is 14.0 Å². The molecular formula is C27H27FN2O5S. The van der Waals surface area contributed by atoms with E-state index in [0.717, 1.165) is 0 Å². The van der Waals surface area contributed by atoms with E-state index in [-0.39, 0.29) is 23.8 Å². The first kappa shape index (κ1) is 25.4. The van der Waals surface area contributed by atoms with Crippen LogP contribution in [0.5, 0.6) is 11.5 Å². The molecule has 2 aromatic carbocycles. The molecule has 2 heterocycles. The molecule has 188 valence electrons. The predicted octanol–water partition coefficient (Wildman–Crippen LogP) is 3.73. The Balaban J connectivity index is 1.95. The van der Waals surface area contributed by atoms with E-state index < -0.39 is 17.8 Å². The molecule has 4 rings (SSSR count). The molecule has 0 bridgehead atoms. The quantitative estimate of drug-likeness (QED) is 0.453. The fourth-order valence-electron chi connectivity index (χ4n) is 4.06. The molecule has 1 atom stereocenters. The third-order valence-corrected chi connectivity index (χ3v) is 6.56. The number of hydrogen-bond donors (Lipinski definition) is 0. The van der Waals surface area contributed by atoms with Crippen molar-refractivity contribution in [2.24, 2.45) is 4.99 Å². The van der Waals surface area contributed by atoms with Gasteiger partial charge in [0, 0.05) is 5.56 Å². The smallest absolute Gasteiger partial charge is 0.338 e. The zero-order chi connectivity index (χ0) is 26.0. The minimum absolute atomic E-state index is 0.108. The van der Waals surface area contributed by atoms with Gasteiger partial charge in [0.05, 0.1) is 41.7 Å². The number of thiazole rings is 1. The van der Waals surface area contributed by atoms with Crippen LogP contribution in [-0.2, 0) is 9.53 Å². The van der Waals surface area contributed by atoms with Gasteiger partial charge in [0.15, 0.2) is 16.3 Å². The monoisotopic (exact) mass is 510 g/mol. The summed E-state index contributed by atoms with van der Waals surface area (Å²) in [7, 11) is 1.56. The fraction of sp³-hybridized carbons (Fsp3) is 0.296. The minimum Gasteiger partial charge on any atom is -0.493 e. The van der Waals surface area contributed by atoms with Crippen molar-refractivity contribution in [2.75, 3.05) is 13.7 Å². The van der Waals surface area contributed by atoms with Crippen LogP contribution in [0.15, 0.2) is 63.5 Å². The summed E-state index contributed by atoms with van der Waals surface area (Å²) in [6.07, 6.45) is 1.62. The van der Waals surface area contributed by atoms with Gasteiger partial charge in [-0.25, -0.2) is 14.2 Å². The average Bonchev–Trinajstić information content (AvgIpc) is 3.14. The molecule has 3 aromatic rings. The maximum absolute atomic E-state index is 13.8. The maximum Gasteiger partial charge on any atom is 0.338 e. The Kier molecular flexibility index (Phi) is 7.40. The highest BCUT2D eigenvalue weighted by Gasteiger charge is 2.33. The molecule has 0 amide bonds. The average molecular weight is 511 g/mol. The summed E-state index contributed by atoms with van der Waals surface area (Å²) in [5.41, 5.74) is 1.61. The lowest BCUT2D eigenvalue weighted by molar-refractivity contribution is -0.139. The number of nitrogens with zero attached hydrogens (tertiary/aromatic N) is 2. The molecule has 0 fully saturated rings. The van der Waals surface area contributed by atoms with Gasteiger partial charge in [0.1, 0.15) is 5.82 Å². The van der Waals surface area contributed by atoms with Crippen molar-refractivity contribution in [3.63, 3.8) is 0 Å². The molecule has 0 spiro atoms. The molecule has 1 aliphatic heterocycles. The Hall–Kier alpha value is -3.72. The molecule has 0 saturated carbocycles. The third-order valence-electron chi connectivity index (χ3n) is 5.57. The van der Waals surface area contributed by atoms with Crippen LogP contribution in [0, 0.1) is 5.82 Å². The first-order valence-electron chi connectivity index (χ1n) is 11.5. The highest BCUT2D eigenvalue weighted by molar-refractivity contribution is 7.07. The molecule has 1 aliphatic rings. The van der Waals surface area contributed by atoms with Crippen LogP contribution in [0.3, 0.4) is 0 Å². The number of carbonyl (C=O) groups excluding carboxylic acids is 1. The molecule has 7 nitrogen and oxygen atoms in total. The number of para-hydroxylation sites is 1. The Morgan fingerprint density at radius 2 is 1.94 bits per heavy atom. The van der Waals surface area contributed by atoms with Crippen molar-refractivity contribution < 1.29 is 23.4 Å². The molecular weight excluding hydrogens is 483 g/mol. The van der Waals surface area contributed by atoms with Crippen molar-refractivity contribution in [1.29, 1.82) is 0 Å². The molecule has 9 heteroatoms. The number of fused-ring (bicyclic) bond motifs is 1. The largest absolute Gasteiger partial charge is 0.493 e. The number of esters is 1. The van der Waals surface area contributed by atoms with E-state index in [2.05, 4.69) is 4.99 Å². The first-order chi connectivity index (χ1) is 17.2. The molecule has 0 N–H and O–H groups in total. The molecule has 0 aliphatic carbocycles. The fourth-order valence-corrected chi connectivity index (χ4v) is 5.10. The molecule has 1 aromatic heterocycles. The molecule has 36 heavy (non-hydrogen) atoms. The highest BCUT2D eigenvalue weighted by atomic mass is 32.1. The number of benzene rings is 2. The third kappa shape index (κ3) is 4.83. The van der Waals surface area contributed by atoms with E-state index >= 15 is 0 Å². The van der Waals surface area contributed by atoms with E-state index in [1.807, 2.05) is 26.0 Å². The van der Waals surface area contributed by atoms with E-state index in [1.165, 1.54) is 28.0 Å². The van der Waals surface area contributed by atoms with Crippen LogP contribution < -0.4 is 24.4 Å². The van der Waals surface area contributed by atoms with Crippen LogP contribution in [0.1, 0.15) is 44.9 Å². The second-order valence-corrected chi connectivity index (χ2v) is 9.41. The lowest BCUT2D eigenvalue weighted by Crippen LogP contribution is -2.39. The Morgan fingerprint density at radius 3 is 2.58 bits per heavy atom. The van der Waals surface area contributed by atoms with E-state index in [0.29, 0.717) is 37.7 Å². The summed E-state index contributed by atoms with van der Waals surface area (Å²) in [6, 6.07) is 10.4. The van der Waals surface area contributed by atoms with Gasteiger partial charge in [-0.1, -0.05) is 35.6 Å². The van der Waals surface area contributed by atoms with Gasteiger partial charge in [-0.3, -0.25) is 9.36 Å². The second-order valence-electron chi connectivity index (χ2n) is 8.40. The summed E-state index contributed by atoms with van der Waals surface area (Å²) in [5.74, 6) is 0.0946. The van der Waals surface area contributed by atoms with Gasteiger partial charge in [0.2, 0.25) is 0 Å². The van der Waals surface area contributed by atoms with Crippen LogP contribution in [0.4, 0.5) is 4.39 Å². The van der Waals surface area contributed by atoms with Gasteiger partial charge in [-0.2, -0.15) is 0 Å². The summed E-state index contributed by atoms with van der Waals surface area (Å²) in [5, 5.41) is 0. The minimum atomic E-state index is -0.806. The lowest BCUT2D eigenvalue weighted by Gasteiger charge is -2.24. The van der Waals surface area contributed by atoms with E-state index in [4.69, 9.17) is 14.2 Å². The number of methoxy groups -OCH3 is 1. The number of halogens is 1. The van der Waals surface area contributed by atoms with Crippen molar-refractivity contribution in [3.05, 3.63) is 90.4 Å². The number of aromatic nitrogens is 1. The zero-order valence-electron chi connectivity index (χ0n) is 20.7. The second kappa shape index (κ2) is 10.5. The van der Waals surface area contributed by atoms with Crippen LogP contribution in [-0.4, -0.2) is 30.4 Å². The van der Waals surface area contributed by atoms with Gasteiger partial charge < -0.3 is 14.2 Å². The summed E-state index contributed by atoms with van der Waals surface area (Å²) < 4.78 is 32.3. The topological polar surface area (TPSA) is 79.1 Å². The molecule has 0 saturated heterocycles. The van der Waals surface area contributed by atoms with Gasteiger partial charge >= 0.3 is 5.97 Å². The number of ether oxygens (including phenoxy) is 3. The summed E-state index contributed by atoms with van der Waals surface area (Å²) in [4.78, 5) is 31.7. The van der Waals surface area contributed by atoms with Crippen molar-refractivity contribution in [3.8, 4) is 11.5 Å². The summed E-state index contributed by atoms with van der Waals surface area (Å²) in [6.45, 7) is 7.40. The van der Waals surface area contributed by atoms with Crippen molar-refractivity contribution >= 4 is 23.4 Å². The zero-order valence-corrected chi connectivity index (χ0v) is 21.5. The number of carbonyl (C=O) groups is 1. The normalized spacial score (nSPS) is 15.5. The van der Waals surface area contributed by atoms with E-state index in [1.54, 1.807) is 45.2 Å². The molecule has 0 radical (unpaired) electrons. The Labute approximate surface area is 211 Å². The SMILES string of the molecule is CCOC(=O)C1=C(C)N=c2s/c(=C\c3cccc(OC)c3OC(C)C)c(=O)n2[C@@H]1c1ccc(F)cc1. The lowest BCUT2D eigenvalue weighted by atomic mass is 9.96. The Bertz CT molecular complexity index is 1500. The van der Waals surface area contributed by atoms with Gasteiger partial charge in [-0.05, 0) is 57.5 Å². The van der Waals surface area contributed by atoms with Crippen molar-refractivity contribution in [2.45, 2.75) is 39.8 Å². The first-order valence-corrected chi connectivity index (χ1v) is 12.4. The Morgan fingerprint density at radius 1 is 1.22 bits per heavy atom. The van der Waals surface area contributed by atoms with Crippen LogP contribution in [0.25, 0.3) is 6.08 Å². The highest BCUT2D eigenvalue weighted by Crippen LogP contribution is 2.33. The number of allylic oxidation sites excluding steroid dienone is 1. The van der Waals surface area contributed by atoms with Crippen LogP contribution in [0.2, 0.25) is 0 Å². The van der Waals surface area contributed by atoms with Gasteiger partial charge in [-0.15, -0.1) is 0 Å². The maximum atomic E-state index is 13.8. The summed E-state index contributed by atoms with van der Waals surface area (Å²) >= 11 is 1.20. The van der Waals surface area contributed by atoms with Crippen molar-refractivity contribution in [1.82, 2.24) is 4.57 Å². The van der Waals surface area contributed by atoms with Gasteiger partial charge in [0.25, 0.3) is 5.56 Å². The predicted molar refractivity (Wildman–Crippen MR) is 136 cm³/mol. The van der Waals surface area contributed by atoms with Crippen LogP contribution >= 0.6 is 11.3 Å². The standard InChI is InChI=1S/C27H27FN2O5S/c1-6-34-26(32)22-16(4)29-27-30(23(22)17-10-12-19(28)13-11-17)25(31)21(36-27)14-18-8-7-9-20(33-5)24(18)35-15(2)3/h7-15,23H,6H2,1-5H3/b21-14-/t23-/m1/s1. The number of rotatable bonds is 7. The molecule has 0 unspecified atom stereocenters.